The lowest BCUT2D eigenvalue weighted by Gasteiger charge is -2.14. The second kappa shape index (κ2) is 8.30. The monoisotopic (exact) mass is 374 g/mol. The minimum Gasteiger partial charge on any atom is -0.501 e. The van der Waals surface area contributed by atoms with Gasteiger partial charge >= 0.3 is 0 Å². The highest BCUT2D eigenvalue weighted by molar-refractivity contribution is 7.90. The zero-order chi connectivity index (χ0) is 18.5. The summed E-state index contributed by atoms with van der Waals surface area (Å²) in [4.78, 5) is 24.1. The molecule has 0 bridgehead atoms. The van der Waals surface area contributed by atoms with Crippen LogP contribution in [-0.4, -0.2) is 39.5 Å². The van der Waals surface area contributed by atoms with Crippen molar-refractivity contribution in [1.82, 2.24) is 0 Å². The molecule has 0 radical (unpaired) electrons. The number of benzene rings is 1. The molecular formula is C16H19ClO6S. The minimum absolute atomic E-state index is 0.0336. The van der Waals surface area contributed by atoms with E-state index < -0.39 is 21.4 Å². The fourth-order valence-corrected chi connectivity index (χ4v) is 3.07. The molecule has 0 N–H and O–H groups in total. The van der Waals surface area contributed by atoms with Gasteiger partial charge in [0.05, 0.1) is 30.1 Å². The normalized spacial score (nSPS) is 12.0. The van der Waals surface area contributed by atoms with Gasteiger partial charge in [-0.15, -0.1) is 0 Å². The average molecular weight is 375 g/mol. The highest BCUT2D eigenvalue weighted by atomic mass is 35.5. The first-order valence-electron chi connectivity index (χ1n) is 7.17. The van der Waals surface area contributed by atoms with Crippen molar-refractivity contribution in [2.75, 3.05) is 19.5 Å². The van der Waals surface area contributed by atoms with E-state index in [1.165, 1.54) is 19.1 Å². The summed E-state index contributed by atoms with van der Waals surface area (Å²) in [5, 5.41) is -0.159. The Bertz CT molecular complexity index is 780. The molecule has 1 aromatic rings. The SMILES string of the molecule is CCOC=C(C(C)=O)C(=O)c1ccc(S(C)(=O)=O)c(OCC)c1Cl. The van der Waals surface area contributed by atoms with Crippen molar-refractivity contribution < 1.29 is 27.5 Å². The molecule has 0 aliphatic rings. The smallest absolute Gasteiger partial charge is 0.201 e. The van der Waals surface area contributed by atoms with Gasteiger partial charge in [-0.05, 0) is 32.9 Å². The van der Waals surface area contributed by atoms with Gasteiger partial charge in [0.1, 0.15) is 4.90 Å². The Morgan fingerprint density at radius 3 is 2.29 bits per heavy atom. The van der Waals surface area contributed by atoms with Gasteiger partial charge < -0.3 is 9.47 Å². The van der Waals surface area contributed by atoms with E-state index in [2.05, 4.69) is 0 Å². The molecule has 24 heavy (non-hydrogen) atoms. The Hall–Kier alpha value is -1.86. The van der Waals surface area contributed by atoms with Crippen molar-refractivity contribution in [3.63, 3.8) is 0 Å². The third-order valence-electron chi connectivity index (χ3n) is 2.99. The summed E-state index contributed by atoms with van der Waals surface area (Å²) < 4.78 is 34.0. The second-order valence-corrected chi connectivity index (χ2v) is 7.19. The first-order chi connectivity index (χ1) is 11.1. The Morgan fingerprint density at radius 2 is 1.83 bits per heavy atom. The van der Waals surface area contributed by atoms with Crippen molar-refractivity contribution in [2.45, 2.75) is 25.7 Å². The molecule has 8 heteroatoms. The van der Waals surface area contributed by atoms with E-state index in [-0.39, 0.29) is 40.0 Å². The Balaban J connectivity index is 3.53. The molecule has 0 aliphatic carbocycles. The van der Waals surface area contributed by atoms with Crippen LogP contribution in [0.25, 0.3) is 0 Å². The van der Waals surface area contributed by atoms with Crippen LogP contribution in [0.5, 0.6) is 5.75 Å². The standard InChI is InChI=1S/C16H19ClO6S/c1-5-22-9-12(10(3)18)15(19)11-7-8-13(24(4,20)21)16(14(11)17)23-6-2/h7-9H,5-6H2,1-4H3. The lowest BCUT2D eigenvalue weighted by molar-refractivity contribution is -0.113. The zero-order valence-electron chi connectivity index (χ0n) is 13.9. The molecule has 0 aliphatic heterocycles. The quantitative estimate of drug-likeness (QED) is 0.228. The Morgan fingerprint density at radius 1 is 1.21 bits per heavy atom. The fraction of sp³-hybridized carbons (Fsp3) is 0.375. The van der Waals surface area contributed by atoms with Crippen molar-refractivity contribution in [3.8, 4) is 5.75 Å². The first-order valence-corrected chi connectivity index (χ1v) is 9.44. The molecule has 6 nitrogen and oxygen atoms in total. The first kappa shape index (κ1) is 20.2. The van der Waals surface area contributed by atoms with Gasteiger partial charge in [0.15, 0.2) is 21.4 Å². The molecule has 0 atom stereocenters. The molecule has 1 rings (SSSR count). The van der Waals surface area contributed by atoms with Crippen LogP contribution in [0.3, 0.4) is 0 Å². The van der Waals surface area contributed by atoms with Gasteiger partial charge in [0.25, 0.3) is 0 Å². The average Bonchev–Trinajstić information content (AvgIpc) is 2.48. The molecule has 0 aromatic heterocycles. The number of carbonyl (C=O) groups excluding carboxylic acids is 2. The molecule has 0 spiro atoms. The van der Waals surface area contributed by atoms with Gasteiger partial charge in [0, 0.05) is 11.8 Å². The highest BCUT2D eigenvalue weighted by Crippen LogP contribution is 2.36. The number of carbonyl (C=O) groups is 2. The summed E-state index contributed by atoms with van der Waals surface area (Å²) in [5.41, 5.74) is -0.220. The maximum atomic E-state index is 12.6. The van der Waals surface area contributed by atoms with E-state index >= 15 is 0 Å². The van der Waals surface area contributed by atoms with Crippen LogP contribution in [0.4, 0.5) is 0 Å². The second-order valence-electron chi connectivity index (χ2n) is 4.83. The lowest BCUT2D eigenvalue weighted by atomic mass is 10.0. The summed E-state index contributed by atoms with van der Waals surface area (Å²) in [7, 11) is -3.60. The molecule has 132 valence electrons. The van der Waals surface area contributed by atoms with Gasteiger partial charge in [-0.1, -0.05) is 11.6 Å². The molecule has 0 fully saturated rings. The van der Waals surface area contributed by atoms with E-state index in [4.69, 9.17) is 21.1 Å². The molecule has 0 heterocycles. The fourth-order valence-electron chi connectivity index (χ4n) is 1.89. The Kier molecular flexibility index (Phi) is 6.98. The van der Waals surface area contributed by atoms with Crippen LogP contribution in [0, 0.1) is 0 Å². The molecule has 0 saturated carbocycles. The van der Waals surface area contributed by atoms with Crippen LogP contribution in [0.15, 0.2) is 28.9 Å². The summed E-state index contributed by atoms with van der Waals surface area (Å²) in [6.07, 6.45) is 2.09. The van der Waals surface area contributed by atoms with Crippen molar-refractivity contribution in [2.24, 2.45) is 0 Å². The van der Waals surface area contributed by atoms with Gasteiger partial charge in [0.2, 0.25) is 5.78 Å². The molecule has 0 amide bonds. The lowest BCUT2D eigenvalue weighted by Crippen LogP contribution is -2.13. The number of hydrogen-bond donors (Lipinski definition) is 0. The maximum absolute atomic E-state index is 12.6. The predicted molar refractivity (Wildman–Crippen MR) is 90.5 cm³/mol. The number of sulfone groups is 1. The molecule has 0 unspecified atom stereocenters. The van der Waals surface area contributed by atoms with Crippen LogP contribution < -0.4 is 4.74 Å². The summed E-state index contributed by atoms with van der Waals surface area (Å²) >= 11 is 6.19. The summed E-state index contributed by atoms with van der Waals surface area (Å²) in [6, 6.07) is 2.49. The number of rotatable bonds is 8. The largest absolute Gasteiger partial charge is 0.501 e. The number of ketones is 2. The third kappa shape index (κ3) is 4.58. The van der Waals surface area contributed by atoms with Crippen LogP contribution >= 0.6 is 11.6 Å². The molecule has 1 aromatic carbocycles. The van der Waals surface area contributed by atoms with Crippen LogP contribution in [0.2, 0.25) is 5.02 Å². The predicted octanol–water partition coefficient (Wildman–Crippen LogP) is 2.83. The Labute approximate surface area is 146 Å². The number of ether oxygens (including phenoxy) is 2. The van der Waals surface area contributed by atoms with Crippen molar-refractivity contribution in [3.05, 3.63) is 34.6 Å². The van der Waals surface area contributed by atoms with Crippen LogP contribution in [0.1, 0.15) is 31.1 Å². The van der Waals surface area contributed by atoms with Crippen molar-refractivity contribution in [1.29, 1.82) is 0 Å². The number of halogens is 1. The zero-order valence-corrected chi connectivity index (χ0v) is 15.5. The van der Waals surface area contributed by atoms with Crippen LogP contribution in [-0.2, 0) is 19.4 Å². The summed E-state index contributed by atoms with van der Waals surface area (Å²) in [5.74, 6) is -1.26. The van der Waals surface area contributed by atoms with Crippen molar-refractivity contribution >= 4 is 33.0 Å². The van der Waals surface area contributed by atoms with E-state index in [1.54, 1.807) is 13.8 Å². The highest BCUT2D eigenvalue weighted by Gasteiger charge is 2.26. The number of hydrogen-bond acceptors (Lipinski definition) is 6. The topological polar surface area (TPSA) is 86.7 Å². The van der Waals surface area contributed by atoms with Gasteiger partial charge in [-0.2, -0.15) is 0 Å². The van der Waals surface area contributed by atoms with E-state index in [1.807, 2.05) is 0 Å². The molecule has 0 saturated heterocycles. The van der Waals surface area contributed by atoms with Gasteiger partial charge in [-0.25, -0.2) is 8.42 Å². The van der Waals surface area contributed by atoms with Gasteiger partial charge in [-0.3, -0.25) is 9.59 Å². The minimum atomic E-state index is -3.60. The van der Waals surface area contributed by atoms with E-state index in [0.717, 1.165) is 12.5 Å². The maximum Gasteiger partial charge on any atom is 0.201 e. The number of allylic oxidation sites excluding steroid dienone is 1. The summed E-state index contributed by atoms with van der Waals surface area (Å²) in [6.45, 7) is 5.04. The third-order valence-corrected chi connectivity index (χ3v) is 4.48. The number of Topliss-reactive ketones (excluding diaryl/α,β-unsaturated/α-hetero) is 2. The van der Waals surface area contributed by atoms with E-state index in [0.29, 0.717) is 0 Å². The van der Waals surface area contributed by atoms with E-state index in [9.17, 15) is 18.0 Å². The molecular weight excluding hydrogens is 356 g/mol.